The highest BCUT2D eigenvalue weighted by atomic mass is 79.9. The van der Waals surface area contributed by atoms with E-state index in [9.17, 15) is 4.79 Å². The average molecular weight is 307 g/mol. The van der Waals surface area contributed by atoms with Gasteiger partial charge in [0.1, 0.15) is 5.75 Å². The van der Waals surface area contributed by atoms with Gasteiger partial charge in [-0.3, -0.25) is 9.78 Å². The fourth-order valence-electron chi connectivity index (χ4n) is 1.47. The molecule has 0 aliphatic carbocycles. The van der Waals surface area contributed by atoms with Gasteiger partial charge in [-0.25, -0.2) is 0 Å². The number of phenolic OH excluding ortho intramolecular Hbond substituents is 1. The van der Waals surface area contributed by atoms with Crippen molar-refractivity contribution < 1.29 is 9.90 Å². The molecule has 0 radical (unpaired) electrons. The fraction of sp³-hybridized carbons (Fsp3) is 0.0769. The number of nitrogens with one attached hydrogen (secondary N) is 1. The number of aromatic nitrogens is 1. The van der Waals surface area contributed by atoms with Crippen LogP contribution in [0.3, 0.4) is 0 Å². The minimum absolute atomic E-state index is 0.118. The Morgan fingerprint density at radius 3 is 2.67 bits per heavy atom. The van der Waals surface area contributed by atoms with Crippen LogP contribution in [-0.2, 0) is 11.2 Å². The van der Waals surface area contributed by atoms with E-state index in [1.807, 2.05) is 0 Å². The molecule has 2 aromatic rings. The molecule has 0 spiro atoms. The minimum Gasteiger partial charge on any atom is -0.508 e. The molecule has 4 nitrogen and oxygen atoms in total. The maximum Gasteiger partial charge on any atom is 0.228 e. The van der Waals surface area contributed by atoms with E-state index < -0.39 is 0 Å². The van der Waals surface area contributed by atoms with Crippen LogP contribution in [0.4, 0.5) is 5.69 Å². The molecule has 5 heteroatoms. The zero-order chi connectivity index (χ0) is 13.0. The Balaban J connectivity index is 2.01. The SMILES string of the molecule is O=C(Cc1ccc(O)cc1)Nc1ccncc1Br. The maximum absolute atomic E-state index is 11.8. The van der Waals surface area contributed by atoms with Crippen LogP contribution < -0.4 is 5.32 Å². The van der Waals surface area contributed by atoms with E-state index in [1.54, 1.807) is 42.7 Å². The van der Waals surface area contributed by atoms with Crippen LogP contribution in [0.15, 0.2) is 47.2 Å². The zero-order valence-corrected chi connectivity index (χ0v) is 11.0. The maximum atomic E-state index is 11.8. The third kappa shape index (κ3) is 3.30. The molecule has 0 bridgehead atoms. The molecule has 1 aromatic heterocycles. The number of carbonyl (C=O) groups excluding carboxylic acids is 1. The van der Waals surface area contributed by atoms with Gasteiger partial charge in [-0.05, 0) is 39.7 Å². The molecule has 0 aliphatic rings. The first-order valence-electron chi connectivity index (χ1n) is 5.32. The van der Waals surface area contributed by atoms with Crippen LogP contribution in [0.2, 0.25) is 0 Å². The number of benzene rings is 1. The number of halogens is 1. The van der Waals surface area contributed by atoms with Gasteiger partial charge < -0.3 is 10.4 Å². The van der Waals surface area contributed by atoms with Crippen molar-refractivity contribution in [1.82, 2.24) is 4.98 Å². The lowest BCUT2D eigenvalue weighted by molar-refractivity contribution is -0.115. The van der Waals surface area contributed by atoms with Gasteiger partial charge in [0.25, 0.3) is 0 Å². The van der Waals surface area contributed by atoms with Crippen LogP contribution in [-0.4, -0.2) is 16.0 Å². The van der Waals surface area contributed by atoms with Crippen LogP contribution in [0.25, 0.3) is 0 Å². The number of pyridine rings is 1. The van der Waals surface area contributed by atoms with Crippen molar-refractivity contribution in [3.63, 3.8) is 0 Å². The van der Waals surface area contributed by atoms with Gasteiger partial charge in [0.05, 0.1) is 16.6 Å². The predicted molar refractivity (Wildman–Crippen MR) is 72.4 cm³/mol. The lowest BCUT2D eigenvalue weighted by Crippen LogP contribution is -2.14. The average Bonchev–Trinajstić information content (AvgIpc) is 2.35. The number of phenols is 1. The minimum atomic E-state index is -0.118. The summed E-state index contributed by atoms with van der Waals surface area (Å²) in [6, 6.07) is 8.28. The summed E-state index contributed by atoms with van der Waals surface area (Å²) in [6.07, 6.45) is 3.49. The Hall–Kier alpha value is -1.88. The zero-order valence-electron chi connectivity index (χ0n) is 9.43. The van der Waals surface area contributed by atoms with Crippen molar-refractivity contribution in [3.8, 4) is 5.75 Å². The number of hydrogen-bond donors (Lipinski definition) is 2. The fourth-order valence-corrected chi connectivity index (χ4v) is 1.82. The van der Waals surface area contributed by atoms with Crippen LogP contribution in [0.5, 0.6) is 5.75 Å². The Bertz CT molecular complexity index is 555. The second-order valence-corrected chi connectivity index (χ2v) is 4.60. The lowest BCUT2D eigenvalue weighted by atomic mass is 10.1. The Morgan fingerprint density at radius 2 is 2.00 bits per heavy atom. The van der Waals surface area contributed by atoms with Crippen molar-refractivity contribution in [2.75, 3.05) is 5.32 Å². The first kappa shape index (κ1) is 12.6. The summed E-state index contributed by atoms with van der Waals surface area (Å²) in [7, 11) is 0. The van der Waals surface area contributed by atoms with Gasteiger partial charge in [0.2, 0.25) is 5.91 Å². The van der Waals surface area contributed by atoms with Gasteiger partial charge in [0.15, 0.2) is 0 Å². The molecule has 0 saturated carbocycles. The Morgan fingerprint density at radius 1 is 1.28 bits per heavy atom. The van der Waals surface area contributed by atoms with Gasteiger partial charge in [-0.1, -0.05) is 12.1 Å². The predicted octanol–water partition coefficient (Wildman–Crippen LogP) is 2.73. The summed E-state index contributed by atoms with van der Waals surface area (Å²) in [4.78, 5) is 15.7. The number of amides is 1. The van der Waals surface area contributed by atoms with E-state index in [4.69, 9.17) is 5.11 Å². The highest BCUT2D eigenvalue weighted by Gasteiger charge is 2.06. The van der Waals surface area contributed by atoms with E-state index in [-0.39, 0.29) is 18.1 Å². The number of anilines is 1. The molecule has 18 heavy (non-hydrogen) atoms. The van der Waals surface area contributed by atoms with Gasteiger partial charge in [-0.2, -0.15) is 0 Å². The van der Waals surface area contributed by atoms with Gasteiger partial charge in [0, 0.05) is 12.4 Å². The molecule has 0 fully saturated rings. The molecule has 92 valence electrons. The number of aromatic hydroxyl groups is 1. The van der Waals surface area contributed by atoms with E-state index in [0.717, 1.165) is 10.0 Å². The van der Waals surface area contributed by atoms with Crippen LogP contribution >= 0.6 is 15.9 Å². The molecule has 0 atom stereocenters. The third-order valence-corrected chi connectivity index (χ3v) is 2.98. The Labute approximate surface area is 113 Å². The van der Waals surface area contributed by atoms with E-state index >= 15 is 0 Å². The molecule has 2 N–H and O–H groups in total. The molecule has 1 heterocycles. The highest BCUT2D eigenvalue weighted by molar-refractivity contribution is 9.10. The van der Waals surface area contributed by atoms with Crippen molar-refractivity contribution in [2.24, 2.45) is 0 Å². The summed E-state index contributed by atoms with van der Waals surface area (Å²) >= 11 is 3.31. The molecule has 1 amide bonds. The third-order valence-electron chi connectivity index (χ3n) is 2.35. The molecule has 0 unspecified atom stereocenters. The highest BCUT2D eigenvalue weighted by Crippen LogP contribution is 2.20. The number of carbonyl (C=O) groups is 1. The first-order valence-corrected chi connectivity index (χ1v) is 6.12. The van der Waals surface area contributed by atoms with E-state index in [1.165, 1.54) is 0 Å². The normalized spacial score (nSPS) is 10.1. The van der Waals surface area contributed by atoms with Crippen molar-refractivity contribution in [1.29, 1.82) is 0 Å². The quantitative estimate of drug-likeness (QED) is 0.916. The van der Waals surface area contributed by atoms with Crippen LogP contribution in [0, 0.1) is 0 Å². The standard InChI is InChI=1S/C13H11BrN2O2/c14-11-8-15-6-5-12(11)16-13(18)7-9-1-3-10(17)4-2-9/h1-6,8,17H,7H2,(H,15,16,18). The van der Waals surface area contributed by atoms with Crippen molar-refractivity contribution in [3.05, 3.63) is 52.8 Å². The van der Waals surface area contributed by atoms with Gasteiger partial charge in [-0.15, -0.1) is 0 Å². The second kappa shape index (κ2) is 5.64. The first-order chi connectivity index (χ1) is 8.65. The molecule has 1 aromatic carbocycles. The molecule has 0 saturated heterocycles. The van der Waals surface area contributed by atoms with Crippen molar-refractivity contribution in [2.45, 2.75) is 6.42 Å². The molecule has 0 aliphatic heterocycles. The number of nitrogens with zero attached hydrogens (tertiary/aromatic N) is 1. The smallest absolute Gasteiger partial charge is 0.228 e. The van der Waals surface area contributed by atoms with Gasteiger partial charge >= 0.3 is 0 Å². The second-order valence-electron chi connectivity index (χ2n) is 3.75. The largest absolute Gasteiger partial charge is 0.508 e. The molecular formula is C13H11BrN2O2. The number of hydrogen-bond acceptors (Lipinski definition) is 3. The summed E-state index contributed by atoms with van der Waals surface area (Å²) in [5.74, 6) is 0.0728. The summed E-state index contributed by atoms with van der Waals surface area (Å²) in [6.45, 7) is 0. The van der Waals surface area contributed by atoms with Crippen molar-refractivity contribution >= 4 is 27.5 Å². The van der Waals surface area contributed by atoms with E-state index in [2.05, 4.69) is 26.2 Å². The van der Waals surface area contributed by atoms with E-state index in [0.29, 0.717) is 5.69 Å². The summed E-state index contributed by atoms with van der Waals surface area (Å²) in [5, 5.41) is 11.9. The van der Waals surface area contributed by atoms with Crippen LogP contribution in [0.1, 0.15) is 5.56 Å². The monoisotopic (exact) mass is 306 g/mol. The summed E-state index contributed by atoms with van der Waals surface area (Å²) < 4.78 is 0.740. The lowest BCUT2D eigenvalue weighted by Gasteiger charge is -2.06. The Kier molecular flexibility index (Phi) is 3.94. The number of rotatable bonds is 3. The molecular weight excluding hydrogens is 296 g/mol. The molecule has 2 rings (SSSR count). The topological polar surface area (TPSA) is 62.2 Å². The summed E-state index contributed by atoms with van der Waals surface area (Å²) in [5.41, 5.74) is 1.53.